The van der Waals surface area contributed by atoms with E-state index in [1.165, 1.54) is 30.3 Å². The van der Waals surface area contributed by atoms with Gasteiger partial charge in [-0.3, -0.25) is 14.9 Å². The molecule has 0 fully saturated rings. The summed E-state index contributed by atoms with van der Waals surface area (Å²) in [6, 6.07) is 16.9. The Bertz CT molecular complexity index is 1210. The maximum atomic E-state index is 13.1. The zero-order valence-electron chi connectivity index (χ0n) is 16.9. The molecule has 1 amide bonds. The van der Waals surface area contributed by atoms with Crippen LogP contribution in [0.15, 0.2) is 71.9 Å². The first-order valence-corrected chi connectivity index (χ1v) is 9.71. The Balaban J connectivity index is 1.48. The molecule has 0 bridgehead atoms. The number of halogens is 1. The number of amides is 1. The third-order valence-electron chi connectivity index (χ3n) is 4.73. The standard InChI is InChI=1S/C23H18FN3O5/c1-14-3-2-4-19(9-14)31-20-11-17(10-18(12-20)27(29)30)25-23(28)22-13-21(26-32-22)15-5-7-16(24)8-6-15/h2-12,22H,13H2,1H3,(H,25,28). The molecule has 0 saturated heterocycles. The molecule has 0 aliphatic carbocycles. The quantitative estimate of drug-likeness (QED) is 0.435. The maximum absolute atomic E-state index is 13.1. The summed E-state index contributed by atoms with van der Waals surface area (Å²) < 4.78 is 18.8. The molecule has 1 heterocycles. The number of anilines is 1. The number of nitrogens with one attached hydrogen (secondary N) is 1. The third kappa shape index (κ3) is 4.89. The molecule has 1 aliphatic rings. The van der Waals surface area contributed by atoms with Gasteiger partial charge in [-0.1, -0.05) is 29.4 Å². The molecule has 1 N–H and O–H groups in total. The molecule has 0 aromatic heterocycles. The first kappa shape index (κ1) is 21.0. The van der Waals surface area contributed by atoms with Gasteiger partial charge in [0.05, 0.1) is 22.4 Å². The number of carbonyl (C=O) groups excluding carboxylic acids is 1. The van der Waals surface area contributed by atoms with Crippen molar-refractivity contribution in [1.82, 2.24) is 0 Å². The van der Waals surface area contributed by atoms with Crippen LogP contribution in [0.5, 0.6) is 11.5 Å². The number of hydrogen-bond donors (Lipinski definition) is 1. The molecule has 8 nitrogen and oxygen atoms in total. The summed E-state index contributed by atoms with van der Waals surface area (Å²) in [6.07, 6.45) is -0.741. The van der Waals surface area contributed by atoms with E-state index in [1.54, 1.807) is 30.3 Å². The Hall–Kier alpha value is -4.27. The number of nitro benzene ring substituents is 1. The first-order chi connectivity index (χ1) is 15.4. The topological polar surface area (TPSA) is 103 Å². The normalized spacial score (nSPS) is 14.9. The minimum absolute atomic E-state index is 0.180. The van der Waals surface area contributed by atoms with Crippen molar-refractivity contribution in [2.45, 2.75) is 19.4 Å². The van der Waals surface area contributed by atoms with E-state index in [1.807, 2.05) is 13.0 Å². The molecule has 1 unspecified atom stereocenters. The van der Waals surface area contributed by atoms with Crippen LogP contribution in [0.4, 0.5) is 15.8 Å². The van der Waals surface area contributed by atoms with Crippen molar-refractivity contribution in [3.05, 3.63) is 93.8 Å². The fourth-order valence-corrected chi connectivity index (χ4v) is 3.19. The molecule has 3 aromatic carbocycles. The van der Waals surface area contributed by atoms with E-state index in [0.717, 1.165) is 5.56 Å². The van der Waals surface area contributed by atoms with E-state index in [-0.39, 0.29) is 29.4 Å². The van der Waals surface area contributed by atoms with Gasteiger partial charge in [-0.2, -0.15) is 0 Å². The van der Waals surface area contributed by atoms with Crippen LogP contribution in [-0.2, 0) is 9.63 Å². The van der Waals surface area contributed by atoms with Crippen molar-refractivity contribution in [2.24, 2.45) is 5.16 Å². The molecule has 0 spiro atoms. The van der Waals surface area contributed by atoms with E-state index in [9.17, 15) is 19.3 Å². The molecule has 1 aliphatic heterocycles. The number of ether oxygens (including phenoxy) is 1. The number of aryl methyl sites for hydroxylation is 1. The predicted molar refractivity (Wildman–Crippen MR) is 115 cm³/mol. The summed E-state index contributed by atoms with van der Waals surface area (Å²) in [5.41, 5.74) is 2.07. The molecule has 9 heteroatoms. The fourth-order valence-electron chi connectivity index (χ4n) is 3.19. The molecule has 0 radical (unpaired) electrons. The second kappa shape index (κ2) is 8.84. The molecular weight excluding hydrogens is 417 g/mol. The van der Waals surface area contributed by atoms with Crippen LogP contribution < -0.4 is 10.1 Å². The zero-order chi connectivity index (χ0) is 22.7. The van der Waals surface area contributed by atoms with E-state index in [4.69, 9.17) is 9.57 Å². The number of carbonyl (C=O) groups is 1. The van der Waals surface area contributed by atoms with Crippen LogP contribution in [0.2, 0.25) is 0 Å². The van der Waals surface area contributed by atoms with Gasteiger partial charge < -0.3 is 14.9 Å². The highest BCUT2D eigenvalue weighted by molar-refractivity contribution is 6.06. The van der Waals surface area contributed by atoms with Gasteiger partial charge in [0.25, 0.3) is 11.6 Å². The molecule has 1 atom stereocenters. The third-order valence-corrected chi connectivity index (χ3v) is 4.73. The number of nitrogens with zero attached hydrogens (tertiary/aromatic N) is 2. The minimum Gasteiger partial charge on any atom is -0.457 e. The van der Waals surface area contributed by atoms with Gasteiger partial charge in [-0.15, -0.1) is 0 Å². The number of rotatable bonds is 6. The van der Waals surface area contributed by atoms with Crippen LogP contribution >= 0.6 is 0 Å². The summed E-state index contributed by atoms with van der Waals surface area (Å²) in [7, 11) is 0. The summed E-state index contributed by atoms with van der Waals surface area (Å²) in [5.74, 6) is -0.181. The summed E-state index contributed by atoms with van der Waals surface area (Å²) in [4.78, 5) is 28.7. The van der Waals surface area contributed by atoms with Crippen LogP contribution in [0.1, 0.15) is 17.5 Å². The van der Waals surface area contributed by atoms with Gasteiger partial charge in [0.15, 0.2) is 0 Å². The van der Waals surface area contributed by atoms with Crippen LogP contribution in [0.25, 0.3) is 0 Å². The number of hydrogen-bond acceptors (Lipinski definition) is 6. The average Bonchev–Trinajstić information content (AvgIpc) is 3.24. The average molecular weight is 435 g/mol. The number of benzene rings is 3. The summed E-state index contributed by atoms with van der Waals surface area (Å²) >= 11 is 0. The lowest BCUT2D eigenvalue weighted by atomic mass is 10.0. The van der Waals surface area contributed by atoms with Gasteiger partial charge in [0, 0.05) is 18.6 Å². The molecule has 32 heavy (non-hydrogen) atoms. The number of nitro groups is 1. The molecule has 3 aromatic rings. The Morgan fingerprint density at radius 3 is 2.66 bits per heavy atom. The highest BCUT2D eigenvalue weighted by Gasteiger charge is 2.29. The fraction of sp³-hybridized carbons (Fsp3) is 0.130. The molecular formula is C23H18FN3O5. The van der Waals surface area contributed by atoms with Crippen molar-refractivity contribution in [2.75, 3.05) is 5.32 Å². The van der Waals surface area contributed by atoms with Crippen molar-refractivity contribution >= 4 is 23.0 Å². The van der Waals surface area contributed by atoms with Crippen molar-refractivity contribution < 1.29 is 23.7 Å². The van der Waals surface area contributed by atoms with Crippen molar-refractivity contribution in [3.8, 4) is 11.5 Å². The Kier molecular flexibility index (Phi) is 5.80. The van der Waals surface area contributed by atoms with Gasteiger partial charge >= 0.3 is 0 Å². The lowest BCUT2D eigenvalue weighted by molar-refractivity contribution is -0.384. The van der Waals surface area contributed by atoms with E-state index in [2.05, 4.69) is 10.5 Å². The smallest absolute Gasteiger partial charge is 0.275 e. The van der Waals surface area contributed by atoms with Crippen molar-refractivity contribution in [1.29, 1.82) is 0 Å². The summed E-state index contributed by atoms with van der Waals surface area (Å²) in [5, 5.41) is 17.9. The SMILES string of the molecule is Cc1cccc(Oc2cc(NC(=O)C3CC(c4ccc(F)cc4)=NO3)cc([N+](=O)[O-])c2)c1. The maximum Gasteiger partial charge on any atom is 0.275 e. The van der Waals surface area contributed by atoms with E-state index in [0.29, 0.717) is 17.0 Å². The number of oxime groups is 1. The molecule has 0 saturated carbocycles. The molecule has 4 rings (SSSR count). The highest BCUT2D eigenvalue weighted by Crippen LogP contribution is 2.30. The Labute approximate surface area is 182 Å². The predicted octanol–water partition coefficient (Wildman–Crippen LogP) is 4.97. The number of non-ortho nitro benzene ring substituents is 1. The monoisotopic (exact) mass is 435 g/mol. The van der Waals surface area contributed by atoms with Gasteiger partial charge in [0.1, 0.15) is 17.3 Å². The second-order valence-electron chi connectivity index (χ2n) is 7.22. The Morgan fingerprint density at radius 1 is 1.16 bits per heavy atom. The van der Waals surface area contributed by atoms with Crippen LogP contribution in [-0.4, -0.2) is 22.6 Å². The van der Waals surface area contributed by atoms with E-state index < -0.39 is 16.9 Å². The first-order valence-electron chi connectivity index (χ1n) is 9.71. The van der Waals surface area contributed by atoms with E-state index >= 15 is 0 Å². The minimum atomic E-state index is -0.921. The van der Waals surface area contributed by atoms with Gasteiger partial charge in [-0.25, -0.2) is 4.39 Å². The highest BCUT2D eigenvalue weighted by atomic mass is 19.1. The van der Waals surface area contributed by atoms with Crippen LogP contribution in [0, 0.1) is 22.9 Å². The van der Waals surface area contributed by atoms with Gasteiger partial charge in [-0.05, 0) is 42.3 Å². The second-order valence-corrected chi connectivity index (χ2v) is 7.22. The lowest BCUT2D eigenvalue weighted by Gasteiger charge is -2.12. The Morgan fingerprint density at radius 2 is 1.94 bits per heavy atom. The van der Waals surface area contributed by atoms with Gasteiger partial charge in [0.2, 0.25) is 6.10 Å². The lowest BCUT2D eigenvalue weighted by Crippen LogP contribution is -2.28. The zero-order valence-corrected chi connectivity index (χ0v) is 16.9. The van der Waals surface area contributed by atoms with Crippen LogP contribution in [0.3, 0.4) is 0 Å². The van der Waals surface area contributed by atoms with Crippen molar-refractivity contribution in [3.63, 3.8) is 0 Å². The largest absolute Gasteiger partial charge is 0.457 e. The summed E-state index contributed by atoms with van der Waals surface area (Å²) in [6.45, 7) is 1.90. The molecule has 162 valence electrons.